The van der Waals surface area contributed by atoms with E-state index in [4.69, 9.17) is 4.74 Å². The molecule has 0 aromatic rings. The number of carbonyl (C=O) groups is 3. The van der Waals surface area contributed by atoms with Crippen LogP contribution < -0.4 is 0 Å². The second-order valence-electron chi connectivity index (χ2n) is 9.99. The summed E-state index contributed by atoms with van der Waals surface area (Å²) in [7, 11) is 0. The highest BCUT2D eigenvalue weighted by atomic mass is 79.9. The summed E-state index contributed by atoms with van der Waals surface area (Å²) in [5, 5.41) is 11.6. The molecule has 164 valence electrons. The maximum Gasteiger partial charge on any atom is 0.306 e. The third kappa shape index (κ3) is 2.85. The van der Waals surface area contributed by atoms with Crippen molar-refractivity contribution < 1.29 is 24.2 Å². The van der Waals surface area contributed by atoms with Gasteiger partial charge in [-0.1, -0.05) is 48.9 Å². The number of aliphatic hydroxyl groups excluding tert-OH is 1. The molecule has 1 unspecified atom stereocenters. The predicted molar refractivity (Wildman–Crippen MR) is 116 cm³/mol. The average molecular weight is 479 g/mol. The van der Waals surface area contributed by atoms with Gasteiger partial charge in [-0.3, -0.25) is 14.4 Å². The maximum atomic E-state index is 13.2. The molecule has 0 amide bonds. The summed E-state index contributed by atoms with van der Waals surface area (Å²) in [6.07, 6.45) is 8.44. The Balaban J connectivity index is 1.79. The van der Waals surface area contributed by atoms with Crippen LogP contribution in [0.5, 0.6) is 0 Å². The third-order valence-electron chi connectivity index (χ3n) is 8.72. The normalized spacial score (nSPS) is 44.6. The van der Waals surface area contributed by atoms with Crippen molar-refractivity contribution >= 4 is 33.5 Å². The average Bonchev–Trinajstić information content (AvgIpc) is 3.00. The molecule has 4 rings (SSSR count). The van der Waals surface area contributed by atoms with Crippen LogP contribution in [0.25, 0.3) is 0 Å². The van der Waals surface area contributed by atoms with Gasteiger partial charge in [-0.25, -0.2) is 0 Å². The van der Waals surface area contributed by atoms with Crippen LogP contribution in [0.1, 0.15) is 59.3 Å². The SMILES string of the molecule is CCC(=O)O[C@]1(C(=O)CBr)CC[C@H]2[C@@H]3C=CC4=CC(=O)CC[C@]4(C)[C@H]3C(O)C[C@@]21C. The van der Waals surface area contributed by atoms with Crippen molar-refractivity contribution in [2.24, 2.45) is 28.6 Å². The Bertz CT molecular complexity index is 847. The zero-order valence-electron chi connectivity index (χ0n) is 17.9. The first kappa shape index (κ1) is 21.9. The largest absolute Gasteiger partial charge is 0.450 e. The van der Waals surface area contributed by atoms with Gasteiger partial charge < -0.3 is 9.84 Å². The Labute approximate surface area is 186 Å². The van der Waals surface area contributed by atoms with E-state index in [0.717, 1.165) is 18.4 Å². The molecule has 4 aliphatic carbocycles. The molecule has 2 saturated carbocycles. The highest BCUT2D eigenvalue weighted by Gasteiger charge is 2.69. The smallest absolute Gasteiger partial charge is 0.306 e. The number of ketones is 2. The number of hydrogen-bond donors (Lipinski definition) is 1. The number of hydrogen-bond acceptors (Lipinski definition) is 5. The molecule has 0 aromatic heterocycles. The van der Waals surface area contributed by atoms with Crippen LogP contribution in [-0.4, -0.2) is 39.7 Å². The topological polar surface area (TPSA) is 80.7 Å². The predicted octanol–water partition coefficient (Wildman–Crippen LogP) is 3.92. The Morgan fingerprint density at radius 2 is 2.03 bits per heavy atom. The van der Waals surface area contributed by atoms with E-state index in [-0.39, 0.29) is 52.5 Å². The van der Waals surface area contributed by atoms with Crippen molar-refractivity contribution in [2.45, 2.75) is 71.0 Å². The van der Waals surface area contributed by atoms with Crippen LogP contribution in [0.3, 0.4) is 0 Å². The van der Waals surface area contributed by atoms with Crippen molar-refractivity contribution in [1.82, 2.24) is 0 Å². The molecule has 4 aliphatic rings. The van der Waals surface area contributed by atoms with Crippen molar-refractivity contribution in [2.75, 3.05) is 5.33 Å². The lowest BCUT2D eigenvalue weighted by Crippen LogP contribution is -2.62. The third-order valence-corrected chi connectivity index (χ3v) is 9.23. The zero-order chi connectivity index (χ0) is 21.9. The minimum atomic E-state index is -1.20. The van der Waals surface area contributed by atoms with E-state index < -0.39 is 17.1 Å². The van der Waals surface area contributed by atoms with E-state index in [1.807, 2.05) is 6.92 Å². The number of aliphatic hydroxyl groups is 1. The summed E-state index contributed by atoms with van der Waals surface area (Å²) >= 11 is 3.30. The molecule has 0 aromatic carbocycles. The molecule has 30 heavy (non-hydrogen) atoms. The Morgan fingerprint density at radius 1 is 1.30 bits per heavy atom. The molecule has 0 radical (unpaired) electrons. The Morgan fingerprint density at radius 3 is 2.70 bits per heavy atom. The van der Waals surface area contributed by atoms with E-state index in [1.54, 1.807) is 13.0 Å². The van der Waals surface area contributed by atoms with Crippen LogP contribution in [0.2, 0.25) is 0 Å². The fourth-order valence-corrected chi connectivity index (χ4v) is 7.63. The van der Waals surface area contributed by atoms with Crippen LogP contribution in [0.4, 0.5) is 0 Å². The second kappa shape index (κ2) is 7.40. The highest BCUT2D eigenvalue weighted by molar-refractivity contribution is 9.09. The molecule has 5 nitrogen and oxygen atoms in total. The lowest BCUT2D eigenvalue weighted by molar-refractivity contribution is -0.195. The summed E-state index contributed by atoms with van der Waals surface area (Å²) in [4.78, 5) is 37.5. The summed E-state index contributed by atoms with van der Waals surface area (Å²) in [6.45, 7) is 5.93. The fourth-order valence-electron chi connectivity index (χ4n) is 7.17. The number of ether oxygens (including phenoxy) is 1. The standard InChI is InChI=1S/C24H31BrO5/c1-4-20(29)30-24(19(28)13-25)10-8-17-16-6-5-14-11-15(26)7-9-22(14,2)21(16)18(27)12-23(17,24)3/h5-6,11,16-18,21,27H,4,7-10,12-13H2,1-3H3/t16-,17-,18?,21+,22-,23-,24-/m0/s1. The number of esters is 1. The number of fused-ring (bicyclic) bond motifs is 5. The van der Waals surface area contributed by atoms with Crippen molar-refractivity contribution in [3.05, 3.63) is 23.8 Å². The van der Waals surface area contributed by atoms with Crippen LogP contribution in [0, 0.1) is 28.6 Å². The number of Topliss-reactive ketones (excluding diaryl/α,β-unsaturated/α-hetero) is 1. The summed E-state index contributed by atoms with van der Waals surface area (Å²) in [6, 6.07) is 0. The Kier molecular flexibility index (Phi) is 5.42. The highest BCUT2D eigenvalue weighted by Crippen LogP contribution is 2.67. The molecule has 0 spiro atoms. The van der Waals surface area contributed by atoms with Gasteiger partial charge in [0, 0.05) is 24.2 Å². The molecule has 0 bridgehead atoms. The monoisotopic (exact) mass is 478 g/mol. The summed E-state index contributed by atoms with van der Waals surface area (Å²) in [5.74, 6) is -0.128. The minimum absolute atomic E-state index is 0.00308. The van der Waals surface area contributed by atoms with E-state index in [9.17, 15) is 19.5 Å². The van der Waals surface area contributed by atoms with Gasteiger partial charge in [-0.2, -0.15) is 0 Å². The minimum Gasteiger partial charge on any atom is -0.450 e. The number of halogens is 1. The van der Waals surface area contributed by atoms with Crippen molar-refractivity contribution in [3.63, 3.8) is 0 Å². The van der Waals surface area contributed by atoms with Crippen molar-refractivity contribution in [1.29, 1.82) is 0 Å². The molecule has 6 heteroatoms. The van der Waals surface area contributed by atoms with Crippen LogP contribution >= 0.6 is 15.9 Å². The van der Waals surface area contributed by atoms with Crippen molar-refractivity contribution in [3.8, 4) is 0 Å². The first-order valence-electron chi connectivity index (χ1n) is 11.1. The lowest BCUT2D eigenvalue weighted by atomic mass is 9.47. The van der Waals surface area contributed by atoms with Gasteiger partial charge in [0.05, 0.1) is 11.4 Å². The second-order valence-corrected chi connectivity index (χ2v) is 10.6. The van der Waals surface area contributed by atoms with E-state index in [1.165, 1.54) is 0 Å². The van der Waals surface area contributed by atoms with Gasteiger partial charge in [0.25, 0.3) is 0 Å². The first-order valence-corrected chi connectivity index (χ1v) is 12.2. The van der Waals surface area contributed by atoms with Gasteiger partial charge >= 0.3 is 5.97 Å². The lowest BCUT2D eigenvalue weighted by Gasteiger charge is -2.59. The zero-order valence-corrected chi connectivity index (χ0v) is 19.5. The molecule has 2 fully saturated rings. The van der Waals surface area contributed by atoms with Gasteiger partial charge in [-0.05, 0) is 54.6 Å². The van der Waals surface area contributed by atoms with Gasteiger partial charge in [0.2, 0.25) is 0 Å². The number of rotatable bonds is 4. The number of carbonyl (C=O) groups excluding carboxylic acids is 3. The molecular formula is C24H31BrO5. The van der Waals surface area contributed by atoms with Crippen LogP contribution in [-0.2, 0) is 19.1 Å². The Hall–Kier alpha value is -1.27. The summed E-state index contributed by atoms with van der Waals surface area (Å²) < 4.78 is 5.94. The molecule has 0 saturated heterocycles. The van der Waals surface area contributed by atoms with E-state index in [2.05, 4.69) is 35.0 Å². The quantitative estimate of drug-likeness (QED) is 0.489. The molecular weight excluding hydrogens is 448 g/mol. The maximum absolute atomic E-state index is 13.2. The number of alkyl halides is 1. The van der Waals surface area contributed by atoms with Crippen LogP contribution in [0.15, 0.2) is 23.8 Å². The van der Waals surface area contributed by atoms with Gasteiger partial charge in [-0.15, -0.1) is 0 Å². The molecule has 0 heterocycles. The number of allylic oxidation sites excluding steroid dienone is 4. The molecule has 0 aliphatic heterocycles. The van der Waals surface area contributed by atoms with Gasteiger partial charge in [0.1, 0.15) is 0 Å². The van der Waals surface area contributed by atoms with E-state index in [0.29, 0.717) is 19.3 Å². The summed E-state index contributed by atoms with van der Waals surface area (Å²) in [5.41, 5.74) is -1.07. The molecule has 7 atom stereocenters. The van der Waals surface area contributed by atoms with E-state index >= 15 is 0 Å². The fraction of sp³-hybridized carbons (Fsp3) is 0.708. The first-order chi connectivity index (χ1) is 14.1. The van der Waals surface area contributed by atoms with Gasteiger partial charge in [0.15, 0.2) is 17.2 Å². The molecule has 1 N–H and O–H groups in total.